The normalized spacial score (nSPS) is 11.4. The molecule has 0 amide bonds. The molecule has 2 heterocycles. The van der Waals surface area contributed by atoms with Gasteiger partial charge in [-0.15, -0.1) is 0 Å². The Balaban J connectivity index is 1.35. The molecule has 0 aliphatic rings. The highest BCUT2D eigenvalue weighted by atomic mass is 15.0. The Morgan fingerprint density at radius 2 is 0.976 bits per heavy atom. The van der Waals surface area contributed by atoms with Gasteiger partial charge in [0, 0.05) is 27.4 Å². The Bertz CT molecular complexity index is 2090. The molecule has 8 aromatic rings. The second-order valence-electron chi connectivity index (χ2n) is 10.5. The van der Waals surface area contributed by atoms with Crippen molar-refractivity contribution in [2.45, 2.75) is 0 Å². The summed E-state index contributed by atoms with van der Waals surface area (Å²) in [7, 11) is 0. The fourth-order valence-corrected chi connectivity index (χ4v) is 5.95. The number of hydrogen-bond acceptors (Lipinski definition) is 1. The Labute approximate surface area is 238 Å². The molecule has 0 atom stereocenters. The van der Waals surface area contributed by atoms with E-state index in [1.165, 1.54) is 44.1 Å². The van der Waals surface area contributed by atoms with Gasteiger partial charge in [-0.3, -0.25) is 0 Å². The lowest BCUT2D eigenvalue weighted by Crippen LogP contribution is -1.95. The Morgan fingerprint density at radius 3 is 1.63 bits per heavy atom. The van der Waals surface area contributed by atoms with Crippen LogP contribution in [0.1, 0.15) is 0 Å². The van der Waals surface area contributed by atoms with Crippen molar-refractivity contribution in [1.29, 1.82) is 0 Å². The standard InChI is InChI=1S/C39H26N2/c1-3-10-27(11-4-1)30-19-22-38-34(25-30)35-26-31(28-12-5-2-6-13-28)20-23-39(35)41(38)33-16-9-15-32(24-33)37-21-18-29-14-7-8-17-36(29)40-37/h1-26H. The minimum atomic E-state index is 0.976. The molecule has 0 bridgehead atoms. The highest BCUT2D eigenvalue weighted by Gasteiger charge is 2.15. The summed E-state index contributed by atoms with van der Waals surface area (Å²) < 4.78 is 2.39. The van der Waals surface area contributed by atoms with Crippen molar-refractivity contribution in [2.75, 3.05) is 0 Å². The van der Waals surface area contributed by atoms with Gasteiger partial charge in [-0.1, -0.05) is 109 Å². The number of aromatic nitrogens is 2. The molecule has 2 aromatic heterocycles. The van der Waals surface area contributed by atoms with Crippen LogP contribution in [-0.2, 0) is 0 Å². The van der Waals surface area contributed by atoms with Gasteiger partial charge in [-0.05, 0) is 70.8 Å². The molecule has 0 aliphatic heterocycles. The quantitative estimate of drug-likeness (QED) is 0.225. The number of benzene rings is 6. The van der Waals surface area contributed by atoms with Crippen LogP contribution in [0.2, 0.25) is 0 Å². The smallest absolute Gasteiger partial charge is 0.0710 e. The van der Waals surface area contributed by atoms with Gasteiger partial charge in [0.15, 0.2) is 0 Å². The van der Waals surface area contributed by atoms with Gasteiger partial charge in [0.25, 0.3) is 0 Å². The third-order valence-corrected chi connectivity index (χ3v) is 7.98. The molecular weight excluding hydrogens is 496 g/mol. The molecule has 2 heteroatoms. The number of hydrogen-bond donors (Lipinski definition) is 0. The van der Waals surface area contributed by atoms with Crippen molar-refractivity contribution in [3.8, 4) is 39.2 Å². The molecule has 0 fully saturated rings. The summed E-state index contributed by atoms with van der Waals surface area (Å²) >= 11 is 0. The van der Waals surface area contributed by atoms with E-state index in [1.807, 2.05) is 6.07 Å². The van der Waals surface area contributed by atoms with E-state index in [1.54, 1.807) is 0 Å². The van der Waals surface area contributed by atoms with E-state index in [2.05, 4.69) is 156 Å². The van der Waals surface area contributed by atoms with E-state index in [9.17, 15) is 0 Å². The molecule has 0 N–H and O–H groups in total. The first-order chi connectivity index (χ1) is 20.3. The van der Waals surface area contributed by atoms with Crippen LogP contribution in [0.4, 0.5) is 0 Å². The Hall–Kier alpha value is -5.47. The lowest BCUT2D eigenvalue weighted by molar-refractivity contribution is 1.18. The zero-order valence-electron chi connectivity index (χ0n) is 22.4. The fraction of sp³-hybridized carbons (Fsp3) is 0. The summed E-state index contributed by atoms with van der Waals surface area (Å²) in [5, 5.41) is 3.64. The number of rotatable bonds is 4. The third kappa shape index (κ3) is 4.09. The number of fused-ring (bicyclic) bond motifs is 4. The predicted molar refractivity (Wildman–Crippen MR) is 172 cm³/mol. The maximum Gasteiger partial charge on any atom is 0.0710 e. The Kier molecular flexibility index (Phi) is 5.49. The first kappa shape index (κ1) is 23.4. The fourth-order valence-electron chi connectivity index (χ4n) is 5.95. The van der Waals surface area contributed by atoms with Crippen LogP contribution in [-0.4, -0.2) is 9.55 Å². The monoisotopic (exact) mass is 522 g/mol. The number of nitrogens with zero attached hydrogens (tertiary/aromatic N) is 2. The molecule has 0 spiro atoms. The van der Waals surface area contributed by atoms with E-state index in [4.69, 9.17) is 4.98 Å². The van der Waals surface area contributed by atoms with Crippen molar-refractivity contribution in [2.24, 2.45) is 0 Å². The summed E-state index contributed by atoms with van der Waals surface area (Å²) in [5.41, 5.74) is 11.5. The largest absolute Gasteiger partial charge is 0.309 e. The topological polar surface area (TPSA) is 17.8 Å². The molecule has 6 aromatic carbocycles. The first-order valence-electron chi connectivity index (χ1n) is 14.0. The van der Waals surface area contributed by atoms with Crippen molar-refractivity contribution in [3.63, 3.8) is 0 Å². The van der Waals surface area contributed by atoms with Crippen molar-refractivity contribution >= 4 is 32.7 Å². The van der Waals surface area contributed by atoms with Crippen molar-refractivity contribution in [3.05, 3.63) is 158 Å². The summed E-state index contributed by atoms with van der Waals surface area (Å²) in [6.45, 7) is 0. The van der Waals surface area contributed by atoms with Crippen LogP contribution in [0, 0.1) is 0 Å². The molecule has 8 rings (SSSR count). The number of pyridine rings is 1. The molecule has 2 nitrogen and oxygen atoms in total. The molecule has 0 unspecified atom stereocenters. The van der Waals surface area contributed by atoms with Gasteiger partial charge < -0.3 is 4.57 Å². The molecule has 0 radical (unpaired) electrons. The van der Waals surface area contributed by atoms with Crippen LogP contribution in [0.25, 0.3) is 71.9 Å². The van der Waals surface area contributed by atoms with Gasteiger partial charge in [0.1, 0.15) is 0 Å². The zero-order valence-corrected chi connectivity index (χ0v) is 22.4. The highest BCUT2D eigenvalue weighted by Crippen LogP contribution is 2.37. The third-order valence-electron chi connectivity index (χ3n) is 7.98. The maximum atomic E-state index is 4.97. The lowest BCUT2D eigenvalue weighted by atomic mass is 10.0. The summed E-state index contributed by atoms with van der Waals surface area (Å²) in [6, 6.07) is 56.2. The summed E-state index contributed by atoms with van der Waals surface area (Å²) in [5.74, 6) is 0. The van der Waals surface area contributed by atoms with Crippen molar-refractivity contribution in [1.82, 2.24) is 9.55 Å². The maximum absolute atomic E-state index is 4.97. The van der Waals surface area contributed by atoms with Gasteiger partial charge in [-0.25, -0.2) is 4.98 Å². The molecule has 0 saturated carbocycles. The minimum Gasteiger partial charge on any atom is -0.309 e. The Morgan fingerprint density at radius 1 is 0.390 bits per heavy atom. The van der Waals surface area contributed by atoms with E-state index in [0.29, 0.717) is 0 Å². The van der Waals surface area contributed by atoms with E-state index in [-0.39, 0.29) is 0 Å². The molecule has 192 valence electrons. The summed E-state index contributed by atoms with van der Waals surface area (Å²) in [4.78, 5) is 4.97. The van der Waals surface area contributed by atoms with Gasteiger partial charge in [0.05, 0.1) is 22.2 Å². The highest BCUT2D eigenvalue weighted by molar-refractivity contribution is 6.11. The van der Waals surface area contributed by atoms with Crippen LogP contribution in [0.15, 0.2) is 158 Å². The average Bonchev–Trinajstić information content (AvgIpc) is 3.38. The molecule has 41 heavy (non-hydrogen) atoms. The predicted octanol–water partition coefficient (Wildman–Crippen LogP) is 10.3. The molecular formula is C39H26N2. The second-order valence-corrected chi connectivity index (χ2v) is 10.5. The second kappa shape index (κ2) is 9.62. The lowest BCUT2D eigenvalue weighted by Gasteiger charge is -2.11. The minimum absolute atomic E-state index is 0.976. The van der Waals surface area contributed by atoms with Crippen molar-refractivity contribution < 1.29 is 0 Å². The summed E-state index contributed by atoms with van der Waals surface area (Å²) in [6.07, 6.45) is 0. The molecule has 0 saturated heterocycles. The van der Waals surface area contributed by atoms with E-state index >= 15 is 0 Å². The van der Waals surface area contributed by atoms with Crippen LogP contribution < -0.4 is 0 Å². The van der Waals surface area contributed by atoms with Gasteiger partial charge in [0.2, 0.25) is 0 Å². The van der Waals surface area contributed by atoms with Crippen LogP contribution in [0.5, 0.6) is 0 Å². The van der Waals surface area contributed by atoms with E-state index < -0.39 is 0 Å². The van der Waals surface area contributed by atoms with Crippen LogP contribution in [0.3, 0.4) is 0 Å². The SMILES string of the molecule is c1ccc(-c2ccc3c(c2)c2cc(-c4ccccc4)ccc2n3-c2cccc(-c3ccc4ccccc4n3)c2)cc1. The van der Waals surface area contributed by atoms with Gasteiger partial charge >= 0.3 is 0 Å². The average molecular weight is 523 g/mol. The van der Waals surface area contributed by atoms with E-state index in [0.717, 1.165) is 27.8 Å². The number of para-hydroxylation sites is 1. The van der Waals surface area contributed by atoms with Gasteiger partial charge in [-0.2, -0.15) is 0 Å². The first-order valence-corrected chi connectivity index (χ1v) is 14.0. The molecule has 0 aliphatic carbocycles. The van der Waals surface area contributed by atoms with Crippen LogP contribution >= 0.6 is 0 Å². The zero-order chi connectivity index (χ0) is 27.2.